The summed E-state index contributed by atoms with van der Waals surface area (Å²) in [6, 6.07) is 11.5. The number of hydrogen-bond acceptors (Lipinski definition) is 6. The van der Waals surface area contributed by atoms with Gasteiger partial charge in [-0.15, -0.1) is 5.10 Å². The number of rotatable bonds is 8. The van der Waals surface area contributed by atoms with E-state index >= 15 is 0 Å². The van der Waals surface area contributed by atoms with E-state index < -0.39 is 0 Å². The molecule has 7 nitrogen and oxygen atoms in total. The molecule has 0 saturated carbocycles. The van der Waals surface area contributed by atoms with Gasteiger partial charge in [-0.25, -0.2) is 4.98 Å². The molecular formula is C19H21N5O2S. The van der Waals surface area contributed by atoms with E-state index in [1.165, 1.54) is 11.8 Å². The van der Waals surface area contributed by atoms with Crippen LogP contribution in [0.1, 0.15) is 12.5 Å². The van der Waals surface area contributed by atoms with E-state index in [2.05, 4.69) is 20.2 Å². The minimum absolute atomic E-state index is 0.0177. The van der Waals surface area contributed by atoms with Gasteiger partial charge in [0.1, 0.15) is 5.75 Å². The number of ether oxygens (including phenoxy) is 1. The van der Waals surface area contributed by atoms with Crippen LogP contribution in [0, 0.1) is 0 Å². The average molecular weight is 383 g/mol. The van der Waals surface area contributed by atoms with Crippen LogP contribution in [0.15, 0.2) is 53.9 Å². The standard InChI is InChI=1S/C19H21N5O2S/c1-3-26-16-6-4-14(5-7-16)12-24(2)17(25)13-27-19-21-18(22-23-19)15-8-10-20-11-9-15/h4-11H,3,12-13H2,1-2H3,(H,21,22,23). The van der Waals surface area contributed by atoms with Crippen LogP contribution in [0.5, 0.6) is 5.75 Å². The Kier molecular flexibility index (Phi) is 6.43. The van der Waals surface area contributed by atoms with Gasteiger partial charge in [0.15, 0.2) is 5.82 Å². The highest BCUT2D eigenvalue weighted by Gasteiger charge is 2.13. The molecule has 140 valence electrons. The van der Waals surface area contributed by atoms with Crippen LogP contribution < -0.4 is 4.74 Å². The monoisotopic (exact) mass is 383 g/mol. The van der Waals surface area contributed by atoms with Crippen molar-refractivity contribution in [3.63, 3.8) is 0 Å². The maximum atomic E-state index is 12.4. The molecule has 3 rings (SSSR count). The smallest absolute Gasteiger partial charge is 0.233 e. The van der Waals surface area contributed by atoms with Gasteiger partial charge < -0.3 is 9.64 Å². The SMILES string of the molecule is CCOc1ccc(CN(C)C(=O)CSc2n[nH]c(-c3ccncc3)n2)cc1. The lowest BCUT2D eigenvalue weighted by molar-refractivity contribution is -0.127. The van der Waals surface area contributed by atoms with Gasteiger partial charge in [0.25, 0.3) is 0 Å². The van der Waals surface area contributed by atoms with E-state index in [4.69, 9.17) is 4.74 Å². The minimum atomic E-state index is 0.0177. The highest BCUT2D eigenvalue weighted by atomic mass is 32.2. The summed E-state index contributed by atoms with van der Waals surface area (Å²) in [6.07, 6.45) is 3.40. The number of nitrogens with zero attached hydrogens (tertiary/aromatic N) is 4. The third kappa shape index (κ3) is 5.30. The van der Waals surface area contributed by atoms with Crippen LogP contribution in [-0.4, -0.2) is 50.4 Å². The van der Waals surface area contributed by atoms with Gasteiger partial charge in [-0.05, 0) is 36.8 Å². The molecule has 2 aromatic heterocycles. The molecule has 0 bridgehead atoms. The number of benzene rings is 1. The Morgan fingerprint density at radius 1 is 1.19 bits per heavy atom. The van der Waals surface area contributed by atoms with Crippen molar-refractivity contribution in [2.45, 2.75) is 18.6 Å². The number of amides is 1. The van der Waals surface area contributed by atoms with Crippen molar-refractivity contribution < 1.29 is 9.53 Å². The van der Waals surface area contributed by atoms with Gasteiger partial charge in [0.05, 0.1) is 12.4 Å². The summed E-state index contributed by atoms with van der Waals surface area (Å²) in [4.78, 5) is 22.5. The van der Waals surface area contributed by atoms with Crippen LogP contribution in [0.3, 0.4) is 0 Å². The van der Waals surface area contributed by atoms with Crippen molar-refractivity contribution in [2.24, 2.45) is 0 Å². The number of H-pyrrole nitrogens is 1. The van der Waals surface area contributed by atoms with Crippen LogP contribution >= 0.6 is 11.8 Å². The summed E-state index contributed by atoms with van der Waals surface area (Å²) in [7, 11) is 1.79. The summed E-state index contributed by atoms with van der Waals surface area (Å²) in [5.41, 5.74) is 1.96. The van der Waals surface area contributed by atoms with Crippen LogP contribution in [-0.2, 0) is 11.3 Å². The minimum Gasteiger partial charge on any atom is -0.494 e. The molecule has 0 unspecified atom stereocenters. The number of carbonyl (C=O) groups is 1. The largest absolute Gasteiger partial charge is 0.494 e. The molecule has 0 saturated heterocycles. The molecule has 0 atom stereocenters. The summed E-state index contributed by atoms with van der Waals surface area (Å²) in [5.74, 6) is 1.79. The molecule has 0 fully saturated rings. The van der Waals surface area contributed by atoms with Gasteiger partial charge in [-0.1, -0.05) is 23.9 Å². The Morgan fingerprint density at radius 2 is 1.93 bits per heavy atom. The second-order valence-corrected chi connectivity index (χ2v) is 6.76. The van der Waals surface area contributed by atoms with Crippen molar-refractivity contribution in [3.05, 3.63) is 54.4 Å². The first-order chi connectivity index (χ1) is 13.2. The summed E-state index contributed by atoms with van der Waals surface area (Å²) >= 11 is 1.31. The molecule has 1 amide bonds. The Bertz CT molecular complexity index is 867. The number of carbonyl (C=O) groups excluding carboxylic acids is 1. The van der Waals surface area contributed by atoms with E-state index in [9.17, 15) is 4.79 Å². The third-order valence-electron chi connectivity index (χ3n) is 3.82. The maximum absolute atomic E-state index is 12.4. The average Bonchev–Trinajstić information content (AvgIpc) is 3.17. The van der Waals surface area contributed by atoms with Gasteiger partial charge in [0.2, 0.25) is 11.1 Å². The number of aromatic amines is 1. The molecule has 2 heterocycles. The maximum Gasteiger partial charge on any atom is 0.233 e. The third-order valence-corrected chi connectivity index (χ3v) is 4.66. The second kappa shape index (κ2) is 9.18. The zero-order valence-electron chi connectivity index (χ0n) is 15.3. The Morgan fingerprint density at radius 3 is 2.63 bits per heavy atom. The molecule has 0 aliphatic heterocycles. The number of nitrogens with one attached hydrogen (secondary N) is 1. The predicted octanol–water partition coefficient (Wildman–Crippen LogP) is 3.02. The normalized spacial score (nSPS) is 10.6. The van der Waals surface area contributed by atoms with Crippen molar-refractivity contribution in [1.29, 1.82) is 0 Å². The van der Waals surface area contributed by atoms with Crippen LogP contribution in [0.2, 0.25) is 0 Å². The fourth-order valence-corrected chi connectivity index (χ4v) is 3.15. The van der Waals surface area contributed by atoms with E-state index in [1.807, 2.05) is 43.3 Å². The lowest BCUT2D eigenvalue weighted by Gasteiger charge is -2.17. The lowest BCUT2D eigenvalue weighted by atomic mass is 10.2. The zero-order valence-corrected chi connectivity index (χ0v) is 16.1. The molecule has 0 aliphatic rings. The number of aromatic nitrogens is 4. The Balaban J connectivity index is 1.50. The number of hydrogen-bond donors (Lipinski definition) is 1. The molecule has 0 radical (unpaired) electrons. The van der Waals surface area contributed by atoms with Gasteiger partial charge in [-0.3, -0.25) is 14.9 Å². The fourth-order valence-electron chi connectivity index (χ4n) is 2.41. The fraction of sp³-hybridized carbons (Fsp3) is 0.263. The number of pyridine rings is 1. The van der Waals surface area contributed by atoms with Crippen molar-refractivity contribution in [1.82, 2.24) is 25.1 Å². The van der Waals surface area contributed by atoms with Crippen LogP contribution in [0.4, 0.5) is 0 Å². The Hall–Kier alpha value is -2.87. The number of thioether (sulfide) groups is 1. The molecule has 27 heavy (non-hydrogen) atoms. The molecular weight excluding hydrogens is 362 g/mol. The first-order valence-electron chi connectivity index (χ1n) is 8.57. The molecule has 3 aromatic rings. The predicted molar refractivity (Wildman–Crippen MR) is 104 cm³/mol. The highest BCUT2D eigenvalue weighted by molar-refractivity contribution is 7.99. The van der Waals surface area contributed by atoms with Crippen LogP contribution in [0.25, 0.3) is 11.4 Å². The highest BCUT2D eigenvalue weighted by Crippen LogP contribution is 2.19. The summed E-state index contributed by atoms with van der Waals surface area (Å²) in [5, 5.41) is 7.59. The van der Waals surface area contributed by atoms with Crippen molar-refractivity contribution in [2.75, 3.05) is 19.4 Å². The Labute approximate surface area is 162 Å². The topological polar surface area (TPSA) is 84.0 Å². The summed E-state index contributed by atoms with van der Waals surface area (Å²) < 4.78 is 5.43. The quantitative estimate of drug-likeness (QED) is 0.602. The molecule has 1 N–H and O–H groups in total. The van der Waals surface area contributed by atoms with E-state index in [0.29, 0.717) is 24.1 Å². The van der Waals surface area contributed by atoms with E-state index in [-0.39, 0.29) is 11.7 Å². The first kappa shape index (κ1) is 18.9. The summed E-state index contributed by atoms with van der Waals surface area (Å²) in [6.45, 7) is 3.13. The molecule has 1 aromatic carbocycles. The molecule has 0 spiro atoms. The van der Waals surface area contributed by atoms with Crippen molar-refractivity contribution >= 4 is 17.7 Å². The van der Waals surface area contributed by atoms with Gasteiger partial charge in [-0.2, -0.15) is 0 Å². The van der Waals surface area contributed by atoms with Gasteiger partial charge >= 0.3 is 0 Å². The van der Waals surface area contributed by atoms with E-state index in [0.717, 1.165) is 16.9 Å². The zero-order chi connectivity index (χ0) is 19.1. The lowest BCUT2D eigenvalue weighted by Crippen LogP contribution is -2.27. The van der Waals surface area contributed by atoms with Crippen molar-refractivity contribution in [3.8, 4) is 17.1 Å². The second-order valence-electron chi connectivity index (χ2n) is 5.82. The molecule has 0 aliphatic carbocycles. The van der Waals surface area contributed by atoms with E-state index in [1.54, 1.807) is 24.3 Å². The van der Waals surface area contributed by atoms with Gasteiger partial charge in [0, 0.05) is 31.5 Å². The first-order valence-corrected chi connectivity index (χ1v) is 9.55. The molecule has 8 heteroatoms.